The second kappa shape index (κ2) is 5.05. The molecule has 1 N–H and O–H groups in total. The summed E-state index contributed by atoms with van der Waals surface area (Å²) in [5, 5.41) is 9.17. The van der Waals surface area contributed by atoms with Crippen molar-refractivity contribution in [1.82, 2.24) is 9.55 Å². The van der Waals surface area contributed by atoms with Gasteiger partial charge in [-0.3, -0.25) is 0 Å². The third kappa shape index (κ3) is 2.29. The molecule has 0 radical (unpaired) electrons. The molecule has 0 spiro atoms. The van der Waals surface area contributed by atoms with Crippen LogP contribution in [0, 0.1) is 6.92 Å². The largest absolute Gasteiger partial charge is 0.478 e. The number of rotatable bonds is 3. The molecule has 21 heavy (non-hydrogen) atoms. The van der Waals surface area contributed by atoms with Crippen LogP contribution in [0.5, 0.6) is 0 Å². The Balaban J connectivity index is 2.19. The topological polar surface area (TPSA) is 55.1 Å². The molecule has 1 atom stereocenters. The smallest absolute Gasteiger partial charge is 0.335 e. The summed E-state index contributed by atoms with van der Waals surface area (Å²) in [6.45, 7) is 4.04. The highest BCUT2D eigenvalue weighted by atomic mass is 16.4. The maximum atomic E-state index is 11.2. The van der Waals surface area contributed by atoms with Crippen molar-refractivity contribution in [2.75, 3.05) is 0 Å². The number of hydrogen-bond donors (Lipinski definition) is 1. The first-order valence-corrected chi connectivity index (χ1v) is 6.85. The second-order valence-corrected chi connectivity index (χ2v) is 5.12. The second-order valence-electron chi connectivity index (χ2n) is 5.12. The summed E-state index contributed by atoms with van der Waals surface area (Å²) in [5.41, 5.74) is 3.12. The molecule has 4 nitrogen and oxygen atoms in total. The summed E-state index contributed by atoms with van der Waals surface area (Å²) in [5.74, 6) is -0.0430. The van der Waals surface area contributed by atoms with Crippen molar-refractivity contribution in [3.05, 3.63) is 65.5 Å². The molecule has 0 amide bonds. The lowest BCUT2D eigenvalue weighted by Crippen LogP contribution is -2.08. The number of imidazole rings is 1. The first kappa shape index (κ1) is 13.4. The Morgan fingerprint density at radius 3 is 2.57 bits per heavy atom. The van der Waals surface area contributed by atoms with Crippen LogP contribution < -0.4 is 0 Å². The Labute approximate surface area is 122 Å². The SMILES string of the molecule is Cc1nc2ccc(C(=O)O)cc2n1C(C)c1ccccc1. The third-order valence-corrected chi connectivity index (χ3v) is 3.78. The molecule has 0 aliphatic rings. The number of aryl methyl sites for hydroxylation is 1. The molecular weight excluding hydrogens is 264 g/mol. The standard InChI is InChI=1S/C17H16N2O2/c1-11(13-6-4-3-5-7-13)19-12(2)18-15-9-8-14(17(20)21)10-16(15)19/h3-11H,1-2H3,(H,20,21). The van der Waals surface area contributed by atoms with Gasteiger partial charge in [0.15, 0.2) is 0 Å². The summed E-state index contributed by atoms with van der Waals surface area (Å²) >= 11 is 0. The van der Waals surface area contributed by atoms with Crippen molar-refractivity contribution in [2.24, 2.45) is 0 Å². The number of carboxylic acid groups (broad SMARTS) is 1. The Kier molecular flexibility index (Phi) is 3.22. The molecule has 0 saturated carbocycles. The maximum Gasteiger partial charge on any atom is 0.335 e. The molecule has 0 aliphatic carbocycles. The van der Waals surface area contributed by atoms with Crippen molar-refractivity contribution >= 4 is 17.0 Å². The monoisotopic (exact) mass is 280 g/mol. The number of aromatic nitrogens is 2. The van der Waals surface area contributed by atoms with Gasteiger partial charge in [0.25, 0.3) is 0 Å². The van der Waals surface area contributed by atoms with E-state index in [0.29, 0.717) is 0 Å². The van der Waals surface area contributed by atoms with Gasteiger partial charge in [-0.1, -0.05) is 30.3 Å². The molecule has 0 fully saturated rings. The average molecular weight is 280 g/mol. The van der Waals surface area contributed by atoms with Crippen molar-refractivity contribution in [1.29, 1.82) is 0 Å². The zero-order chi connectivity index (χ0) is 15.0. The number of aromatic carboxylic acids is 1. The van der Waals surface area contributed by atoms with Crippen LogP contribution in [-0.4, -0.2) is 20.6 Å². The fourth-order valence-corrected chi connectivity index (χ4v) is 2.72. The summed E-state index contributed by atoms with van der Waals surface area (Å²) < 4.78 is 2.08. The molecule has 0 saturated heterocycles. The fraction of sp³-hybridized carbons (Fsp3) is 0.176. The summed E-state index contributed by atoms with van der Waals surface area (Å²) in [6.07, 6.45) is 0. The molecule has 1 aromatic heterocycles. The predicted molar refractivity (Wildman–Crippen MR) is 81.7 cm³/mol. The maximum absolute atomic E-state index is 11.2. The van der Waals surface area contributed by atoms with Crippen LogP contribution in [0.1, 0.15) is 34.7 Å². The van der Waals surface area contributed by atoms with Gasteiger partial charge in [-0.15, -0.1) is 0 Å². The number of hydrogen-bond acceptors (Lipinski definition) is 2. The van der Waals surface area contributed by atoms with E-state index in [9.17, 15) is 4.79 Å². The van der Waals surface area contributed by atoms with E-state index in [2.05, 4.69) is 28.6 Å². The van der Waals surface area contributed by atoms with Crippen LogP contribution in [0.25, 0.3) is 11.0 Å². The van der Waals surface area contributed by atoms with Crippen molar-refractivity contribution in [3.8, 4) is 0 Å². The normalized spacial score (nSPS) is 12.5. The highest BCUT2D eigenvalue weighted by Gasteiger charge is 2.16. The van der Waals surface area contributed by atoms with E-state index in [1.165, 1.54) is 5.56 Å². The van der Waals surface area contributed by atoms with Gasteiger partial charge in [0.1, 0.15) is 5.82 Å². The van der Waals surface area contributed by atoms with Crippen LogP contribution in [0.3, 0.4) is 0 Å². The van der Waals surface area contributed by atoms with Gasteiger partial charge in [0.2, 0.25) is 0 Å². The van der Waals surface area contributed by atoms with Gasteiger partial charge >= 0.3 is 5.97 Å². The number of nitrogens with zero attached hydrogens (tertiary/aromatic N) is 2. The molecular formula is C17H16N2O2. The number of carbonyl (C=O) groups is 1. The minimum Gasteiger partial charge on any atom is -0.478 e. The van der Waals surface area contributed by atoms with Gasteiger partial charge in [-0.05, 0) is 37.6 Å². The molecule has 3 aromatic rings. The van der Waals surface area contributed by atoms with E-state index >= 15 is 0 Å². The first-order chi connectivity index (χ1) is 10.1. The highest BCUT2D eigenvalue weighted by molar-refractivity contribution is 5.92. The van der Waals surface area contributed by atoms with Crippen molar-refractivity contribution < 1.29 is 9.90 Å². The molecule has 0 bridgehead atoms. The summed E-state index contributed by atoms with van der Waals surface area (Å²) in [7, 11) is 0. The van der Waals surface area contributed by atoms with E-state index in [1.807, 2.05) is 25.1 Å². The first-order valence-electron chi connectivity index (χ1n) is 6.85. The lowest BCUT2D eigenvalue weighted by Gasteiger charge is -2.17. The van der Waals surface area contributed by atoms with E-state index < -0.39 is 5.97 Å². The van der Waals surface area contributed by atoms with Gasteiger partial charge in [0.05, 0.1) is 22.6 Å². The van der Waals surface area contributed by atoms with Crippen LogP contribution >= 0.6 is 0 Å². The van der Waals surface area contributed by atoms with Gasteiger partial charge in [-0.25, -0.2) is 9.78 Å². The highest BCUT2D eigenvalue weighted by Crippen LogP contribution is 2.26. The minimum atomic E-state index is -0.922. The Morgan fingerprint density at radius 2 is 1.90 bits per heavy atom. The van der Waals surface area contributed by atoms with E-state index in [4.69, 9.17) is 5.11 Å². The Morgan fingerprint density at radius 1 is 1.19 bits per heavy atom. The number of benzene rings is 2. The number of carboxylic acids is 1. The van der Waals surface area contributed by atoms with Crippen LogP contribution in [-0.2, 0) is 0 Å². The van der Waals surface area contributed by atoms with Crippen LogP contribution in [0.15, 0.2) is 48.5 Å². The zero-order valence-corrected chi connectivity index (χ0v) is 11.9. The molecule has 4 heteroatoms. The minimum absolute atomic E-state index is 0.0974. The molecule has 1 heterocycles. The number of fused-ring (bicyclic) bond motifs is 1. The summed E-state index contributed by atoms with van der Waals surface area (Å²) in [6, 6.07) is 15.3. The molecule has 1 unspecified atom stereocenters. The average Bonchev–Trinajstić information content (AvgIpc) is 2.82. The van der Waals surface area contributed by atoms with E-state index in [0.717, 1.165) is 16.9 Å². The molecule has 0 aliphatic heterocycles. The van der Waals surface area contributed by atoms with Gasteiger partial charge < -0.3 is 9.67 Å². The van der Waals surface area contributed by atoms with Crippen LogP contribution in [0.2, 0.25) is 0 Å². The van der Waals surface area contributed by atoms with E-state index in [-0.39, 0.29) is 11.6 Å². The van der Waals surface area contributed by atoms with Gasteiger partial charge in [-0.2, -0.15) is 0 Å². The Bertz CT molecular complexity index is 806. The molecule has 2 aromatic carbocycles. The van der Waals surface area contributed by atoms with Crippen molar-refractivity contribution in [2.45, 2.75) is 19.9 Å². The van der Waals surface area contributed by atoms with Crippen LogP contribution in [0.4, 0.5) is 0 Å². The fourth-order valence-electron chi connectivity index (χ4n) is 2.72. The van der Waals surface area contributed by atoms with Gasteiger partial charge in [0, 0.05) is 0 Å². The lowest BCUT2D eigenvalue weighted by molar-refractivity contribution is 0.0697. The lowest BCUT2D eigenvalue weighted by atomic mass is 10.1. The van der Waals surface area contributed by atoms with E-state index in [1.54, 1.807) is 18.2 Å². The molecule has 106 valence electrons. The quantitative estimate of drug-likeness (QED) is 0.796. The van der Waals surface area contributed by atoms with Crippen molar-refractivity contribution in [3.63, 3.8) is 0 Å². The zero-order valence-electron chi connectivity index (χ0n) is 11.9. The molecule has 3 rings (SSSR count). The predicted octanol–water partition coefficient (Wildman–Crippen LogP) is 3.65. The Hall–Kier alpha value is -2.62. The third-order valence-electron chi connectivity index (χ3n) is 3.78. The summed E-state index contributed by atoms with van der Waals surface area (Å²) in [4.78, 5) is 15.7.